The highest BCUT2D eigenvalue weighted by Gasteiger charge is 2.13. The van der Waals surface area contributed by atoms with Crippen LogP contribution in [0.1, 0.15) is 38.2 Å². The van der Waals surface area contributed by atoms with Gasteiger partial charge in [0.25, 0.3) is 0 Å². The van der Waals surface area contributed by atoms with Crippen molar-refractivity contribution < 1.29 is 13.9 Å². The maximum atomic E-state index is 14.7. The summed E-state index contributed by atoms with van der Waals surface area (Å²) >= 11 is 1.51. The maximum absolute atomic E-state index is 14.7. The van der Waals surface area contributed by atoms with Crippen molar-refractivity contribution in [1.82, 2.24) is 4.98 Å². The number of carbonyl (C=O) groups is 1. The predicted molar refractivity (Wildman–Crippen MR) is 116 cm³/mol. The number of nitrogens with one attached hydrogen (secondary N) is 1. The summed E-state index contributed by atoms with van der Waals surface area (Å²) in [6, 6.07) is 10.4. The number of anilines is 1. The summed E-state index contributed by atoms with van der Waals surface area (Å²) in [5.41, 5.74) is 3.64. The molecule has 6 heteroatoms. The summed E-state index contributed by atoms with van der Waals surface area (Å²) in [6.45, 7) is 2.28. The number of aromatic nitrogens is 1. The molecule has 0 radical (unpaired) electrons. The summed E-state index contributed by atoms with van der Waals surface area (Å²) < 4.78 is 21.3. The number of thiazole rings is 1. The van der Waals surface area contributed by atoms with E-state index >= 15 is 0 Å². The maximum Gasteiger partial charge on any atom is 0.228 e. The van der Waals surface area contributed by atoms with Crippen molar-refractivity contribution >= 4 is 33.1 Å². The molecule has 0 saturated heterocycles. The van der Waals surface area contributed by atoms with E-state index < -0.39 is 5.82 Å². The number of amides is 1. The third kappa shape index (κ3) is 6.03. The number of hydrogen-bond donors (Lipinski definition) is 1. The highest BCUT2D eigenvalue weighted by molar-refractivity contribution is 7.16. The predicted octanol–water partition coefficient (Wildman–Crippen LogP) is 5.58. The summed E-state index contributed by atoms with van der Waals surface area (Å²) in [5.74, 6) is 5.33. The first-order valence-electron chi connectivity index (χ1n) is 9.60. The van der Waals surface area contributed by atoms with Crippen molar-refractivity contribution in [3.63, 3.8) is 0 Å². The fourth-order valence-electron chi connectivity index (χ4n) is 2.91. The van der Waals surface area contributed by atoms with E-state index in [-0.39, 0.29) is 18.1 Å². The van der Waals surface area contributed by atoms with E-state index in [9.17, 15) is 9.18 Å². The van der Waals surface area contributed by atoms with Crippen LogP contribution in [0.15, 0.2) is 41.9 Å². The number of nitrogens with zero attached hydrogens (tertiary/aromatic N) is 1. The van der Waals surface area contributed by atoms with Crippen LogP contribution in [0.25, 0.3) is 10.2 Å². The third-order valence-corrected chi connectivity index (χ3v) is 5.18. The number of rotatable bonds is 9. The topological polar surface area (TPSA) is 51.2 Å². The lowest BCUT2D eigenvalue weighted by molar-refractivity contribution is -0.115. The van der Waals surface area contributed by atoms with E-state index in [1.807, 2.05) is 19.1 Å². The number of unbranched alkanes of at least 4 members (excludes halogenated alkanes) is 3. The molecule has 1 amide bonds. The molecule has 2 aromatic carbocycles. The number of fused-ring (bicyclic) bond motifs is 1. The summed E-state index contributed by atoms with van der Waals surface area (Å²) in [4.78, 5) is 16.6. The van der Waals surface area contributed by atoms with Crippen molar-refractivity contribution in [2.24, 2.45) is 0 Å². The number of carbonyl (C=O) groups excluding carboxylic acids is 1. The SMILES string of the molecule is CC#CCCCCCOc1cccc(CC(=O)Nc2ccc3ncsc3c2)c1F. The van der Waals surface area contributed by atoms with Crippen LogP contribution in [-0.2, 0) is 11.2 Å². The molecule has 0 bridgehead atoms. The van der Waals surface area contributed by atoms with Crippen LogP contribution < -0.4 is 10.1 Å². The van der Waals surface area contributed by atoms with Gasteiger partial charge < -0.3 is 10.1 Å². The molecule has 29 heavy (non-hydrogen) atoms. The molecule has 1 N–H and O–H groups in total. The van der Waals surface area contributed by atoms with Crippen molar-refractivity contribution in [2.75, 3.05) is 11.9 Å². The smallest absolute Gasteiger partial charge is 0.228 e. The molecule has 0 saturated carbocycles. The lowest BCUT2D eigenvalue weighted by atomic mass is 10.1. The van der Waals surface area contributed by atoms with E-state index in [1.165, 1.54) is 11.3 Å². The van der Waals surface area contributed by atoms with Crippen LogP contribution in [0, 0.1) is 17.7 Å². The largest absolute Gasteiger partial charge is 0.491 e. The Morgan fingerprint density at radius 2 is 2.14 bits per heavy atom. The average Bonchev–Trinajstić information content (AvgIpc) is 3.17. The van der Waals surface area contributed by atoms with Gasteiger partial charge in [-0.2, -0.15) is 0 Å². The number of hydrogen-bond acceptors (Lipinski definition) is 4. The van der Waals surface area contributed by atoms with Gasteiger partial charge in [-0.25, -0.2) is 9.37 Å². The second-order valence-corrected chi connectivity index (χ2v) is 7.46. The molecule has 1 aromatic heterocycles. The molecule has 0 aliphatic carbocycles. The Hall–Kier alpha value is -2.91. The number of benzene rings is 2. The van der Waals surface area contributed by atoms with E-state index in [2.05, 4.69) is 22.1 Å². The van der Waals surface area contributed by atoms with Crippen molar-refractivity contribution in [3.8, 4) is 17.6 Å². The minimum absolute atomic E-state index is 0.0561. The van der Waals surface area contributed by atoms with Gasteiger partial charge in [-0.1, -0.05) is 12.1 Å². The van der Waals surface area contributed by atoms with E-state index in [0.717, 1.165) is 35.9 Å². The molecule has 0 aliphatic heterocycles. The quantitative estimate of drug-likeness (QED) is 0.370. The zero-order valence-corrected chi connectivity index (χ0v) is 17.2. The van der Waals surface area contributed by atoms with Gasteiger partial charge in [0.2, 0.25) is 5.91 Å². The first-order valence-corrected chi connectivity index (χ1v) is 10.5. The minimum Gasteiger partial charge on any atom is -0.491 e. The van der Waals surface area contributed by atoms with Gasteiger partial charge in [0, 0.05) is 17.7 Å². The van der Waals surface area contributed by atoms with Crippen LogP contribution in [0.2, 0.25) is 0 Å². The lowest BCUT2D eigenvalue weighted by Crippen LogP contribution is -2.15. The Balaban J connectivity index is 1.52. The molecule has 150 valence electrons. The minimum atomic E-state index is -0.475. The first kappa shape index (κ1) is 20.8. The lowest BCUT2D eigenvalue weighted by Gasteiger charge is -2.11. The first-order chi connectivity index (χ1) is 14.2. The molecule has 0 atom stereocenters. The van der Waals surface area contributed by atoms with E-state index in [4.69, 9.17) is 4.74 Å². The molecule has 4 nitrogen and oxygen atoms in total. The summed E-state index contributed by atoms with van der Waals surface area (Å²) in [6.07, 6.45) is 3.67. The highest BCUT2D eigenvalue weighted by Crippen LogP contribution is 2.24. The zero-order chi connectivity index (χ0) is 20.5. The fourth-order valence-corrected chi connectivity index (χ4v) is 3.63. The Labute approximate surface area is 174 Å². The monoisotopic (exact) mass is 410 g/mol. The fraction of sp³-hybridized carbons (Fsp3) is 0.304. The Bertz CT molecular complexity index is 1040. The molecular formula is C23H23FN2O2S. The number of halogens is 1. The average molecular weight is 411 g/mol. The summed E-state index contributed by atoms with van der Waals surface area (Å²) in [7, 11) is 0. The van der Waals surface area contributed by atoms with Crippen molar-refractivity contribution in [1.29, 1.82) is 0 Å². The van der Waals surface area contributed by atoms with Crippen LogP contribution in [0.5, 0.6) is 5.75 Å². The molecule has 0 aliphatic rings. The normalized spacial score (nSPS) is 10.4. The van der Waals surface area contributed by atoms with Gasteiger partial charge in [-0.3, -0.25) is 4.79 Å². The molecule has 0 spiro atoms. The van der Waals surface area contributed by atoms with Gasteiger partial charge in [-0.05, 0) is 50.5 Å². The van der Waals surface area contributed by atoms with Gasteiger partial charge in [-0.15, -0.1) is 23.2 Å². The second-order valence-electron chi connectivity index (χ2n) is 6.57. The molecular weight excluding hydrogens is 387 g/mol. The molecule has 3 aromatic rings. The third-order valence-electron chi connectivity index (χ3n) is 4.39. The van der Waals surface area contributed by atoms with E-state index in [1.54, 1.807) is 29.8 Å². The standard InChI is InChI=1S/C23H23FN2O2S/c1-2-3-4-5-6-7-13-28-20-10-8-9-17(23(20)24)14-22(27)26-18-11-12-19-21(15-18)29-16-25-19/h8-12,15-16H,4-7,13-14H2,1H3,(H,26,27). The highest BCUT2D eigenvalue weighted by atomic mass is 32.1. The van der Waals surface area contributed by atoms with Crippen LogP contribution >= 0.6 is 11.3 Å². The number of ether oxygens (including phenoxy) is 1. The molecule has 3 rings (SSSR count). The van der Waals surface area contributed by atoms with Crippen LogP contribution in [-0.4, -0.2) is 17.5 Å². The Morgan fingerprint density at radius 1 is 1.24 bits per heavy atom. The van der Waals surface area contributed by atoms with Crippen LogP contribution in [0.4, 0.5) is 10.1 Å². The van der Waals surface area contributed by atoms with Crippen molar-refractivity contribution in [2.45, 2.75) is 39.0 Å². The van der Waals surface area contributed by atoms with E-state index in [0.29, 0.717) is 17.9 Å². The molecule has 1 heterocycles. The molecule has 0 fully saturated rings. The zero-order valence-electron chi connectivity index (χ0n) is 16.3. The van der Waals surface area contributed by atoms with Gasteiger partial charge in [0.1, 0.15) is 0 Å². The second kappa shape index (κ2) is 10.6. The van der Waals surface area contributed by atoms with Gasteiger partial charge >= 0.3 is 0 Å². The van der Waals surface area contributed by atoms with Crippen LogP contribution in [0.3, 0.4) is 0 Å². The Morgan fingerprint density at radius 3 is 3.00 bits per heavy atom. The van der Waals surface area contributed by atoms with Gasteiger partial charge in [0.15, 0.2) is 11.6 Å². The van der Waals surface area contributed by atoms with Crippen molar-refractivity contribution in [3.05, 3.63) is 53.3 Å². The Kier molecular flexibility index (Phi) is 7.60. The molecule has 0 unspecified atom stereocenters. The summed E-state index contributed by atoms with van der Waals surface area (Å²) in [5, 5.41) is 2.82. The van der Waals surface area contributed by atoms with Gasteiger partial charge in [0.05, 0.1) is 28.8 Å².